The summed E-state index contributed by atoms with van der Waals surface area (Å²) in [5, 5.41) is 0. The highest BCUT2D eigenvalue weighted by Crippen LogP contribution is 2.16. The number of carbonyl (C=O) groups is 1. The molecule has 0 amide bonds. The lowest BCUT2D eigenvalue weighted by atomic mass is 9.99. The Hall–Kier alpha value is -1.15. The molecule has 0 unspecified atom stereocenters. The van der Waals surface area contributed by atoms with Crippen molar-refractivity contribution in [1.82, 2.24) is 4.90 Å². The molecule has 0 spiro atoms. The largest absolute Gasteiger partial charge is 0.303 e. The highest BCUT2D eigenvalue weighted by Gasteiger charge is 2.16. The maximum Gasteiger partial charge on any atom is 0.164 e. The fourth-order valence-electron chi connectivity index (χ4n) is 2.52. The van der Waals surface area contributed by atoms with Gasteiger partial charge in [0.15, 0.2) is 5.78 Å². The van der Waals surface area contributed by atoms with Crippen molar-refractivity contribution in [1.29, 1.82) is 0 Å². The van der Waals surface area contributed by atoms with Crippen LogP contribution in [0.4, 0.5) is 0 Å². The highest BCUT2D eigenvalue weighted by molar-refractivity contribution is 5.96. The van der Waals surface area contributed by atoms with E-state index in [9.17, 15) is 4.79 Å². The van der Waals surface area contributed by atoms with E-state index in [0.717, 1.165) is 31.1 Å². The Bertz CT molecular complexity index is 360. The summed E-state index contributed by atoms with van der Waals surface area (Å²) in [6, 6.07) is 9.61. The third-order valence-corrected chi connectivity index (χ3v) is 3.49. The summed E-state index contributed by atoms with van der Waals surface area (Å²) >= 11 is 0. The van der Waals surface area contributed by atoms with Crippen molar-refractivity contribution in [3.05, 3.63) is 35.9 Å². The molecule has 1 saturated heterocycles. The maximum absolute atomic E-state index is 11.9. The Morgan fingerprint density at radius 2 is 2.12 bits per heavy atom. The van der Waals surface area contributed by atoms with Crippen LogP contribution < -0.4 is 0 Å². The summed E-state index contributed by atoms with van der Waals surface area (Å²) in [6.07, 6.45) is 3.26. The lowest BCUT2D eigenvalue weighted by molar-refractivity contribution is 0.0949. The van der Waals surface area contributed by atoms with Crippen molar-refractivity contribution in [2.24, 2.45) is 5.92 Å². The first-order valence-corrected chi connectivity index (χ1v) is 6.56. The molecule has 0 saturated carbocycles. The van der Waals surface area contributed by atoms with Gasteiger partial charge in [-0.05, 0) is 25.3 Å². The molecule has 0 aromatic heterocycles. The van der Waals surface area contributed by atoms with Crippen LogP contribution >= 0.6 is 0 Å². The average molecular weight is 231 g/mol. The zero-order valence-electron chi connectivity index (χ0n) is 10.6. The van der Waals surface area contributed by atoms with E-state index in [2.05, 4.69) is 11.8 Å². The number of ketones is 1. The minimum absolute atomic E-state index is 0.267. The van der Waals surface area contributed by atoms with Crippen molar-refractivity contribution in [2.45, 2.75) is 26.2 Å². The van der Waals surface area contributed by atoms with Crippen LogP contribution in [-0.2, 0) is 0 Å². The summed E-state index contributed by atoms with van der Waals surface area (Å²) in [4.78, 5) is 14.4. The van der Waals surface area contributed by atoms with E-state index < -0.39 is 0 Å². The van der Waals surface area contributed by atoms with Crippen LogP contribution in [-0.4, -0.2) is 30.3 Å². The standard InChI is InChI=1S/C15H21NO/c1-13-6-5-10-16(12-13)11-9-15(17)14-7-3-2-4-8-14/h2-4,7-8,13H,5-6,9-12H2,1H3/t13-/m0/s1. The second-order valence-corrected chi connectivity index (χ2v) is 5.09. The summed E-state index contributed by atoms with van der Waals surface area (Å²) in [6.45, 7) is 5.53. The van der Waals surface area contributed by atoms with Crippen molar-refractivity contribution in [3.8, 4) is 0 Å². The first kappa shape index (κ1) is 12.3. The van der Waals surface area contributed by atoms with Crippen LogP contribution in [0.25, 0.3) is 0 Å². The number of piperidine rings is 1. The van der Waals surface area contributed by atoms with Crippen LogP contribution in [0.2, 0.25) is 0 Å². The molecule has 1 aromatic carbocycles. The van der Waals surface area contributed by atoms with Gasteiger partial charge in [0, 0.05) is 25.1 Å². The number of carbonyl (C=O) groups excluding carboxylic acids is 1. The number of hydrogen-bond donors (Lipinski definition) is 0. The van der Waals surface area contributed by atoms with E-state index in [4.69, 9.17) is 0 Å². The smallest absolute Gasteiger partial charge is 0.164 e. The van der Waals surface area contributed by atoms with Gasteiger partial charge < -0.3 is 4.90 Å². The summed E-state index contributed by atoms with van der Waals surface area (Å²) in [7, 11) is 0. The quantitative estimate of drug-likeness (QED) is 0.742. The molecule has 1 atom stereocenters. The third-order valence-electron chi connectivity index (χ3n) is 3.49. The molecular weight excluding hydrogens is 210 g/mol. The molecule has 1 aromatic rings. The van der Waals surface area contributed by atoms with E-state index in [0.29, 0.717) is 6.42 Å². The van der Waals surface area contributed by atoms with Crippen molar-refractivity contribution >= 4 is 5.78 Å². The molecule has 92 valence electrons. The molecule has 1 heterocycles. The summed E-state index contributed by atoms with van der Waals surface area (Å²) in [5.41, 5.74) is 0.845. The number of nitrogens with zero attached hydrogens (tertiary/aromatic N) is 1. The summed E-state index contributed by atoms with van der Waals surface area (Å²) < 4.78 is 0. The third kappa shape index (κ3) is 3.67. The van der Waals surface area contributed by atoms with Crippen LogP contribution in [0.3, 0.4) is 0 Å². The second kappa shape index (κ2) is 5.97. The van der Waals surface area contributed by atoms with Crippen LogP contribution in [0.1, 0.15) is 36.5 Å². The fourth-order valence-corrected chi connectivity index (χ4v) is 2.52. The molecule has 2 nitrogen and oxygen atoms in total. The van der Waals surface area contributed by atoms with Gasteiger partial charge in [0.25, 0.3) is 0 Å². The molecular formula is C15H21NO. The SMILES string of the molecule is C[C@H]1CCCN(CCC(=O)c2ccccc2)C1. The Morgan fingerprint density at radius 1 is 1.35 bits per heavy atom. The minimum Gasteiger partial charge on any atom is -0.303 e. The number of benzene rings is 1. The molecule has 0 bridgehead atoms. The van der Waals surface area contributed by atoms with Gasteiger partial charge in [0.1, 0.15) is 0 Å². The van der Waals surface area contributed by atoms with Gasteiger partial charge in [-0.1, -0.05) is 37.3 Å². The molecule has 1 aliphatic heterocycles. The Balaban J connectivity index is 1.80. The monoisotopic (exact) mass is 231 g/mol. The van der Waals surface area contributed by atoms with E-state index in [1.54, 1.807) is 0 Å². The van der Waals surface area contributed by atoms with Gasteiger partial charge in [-0.15, -0.1) is 0 Å². The fraction of sp³-hybridized carbons (Fsp3) is 0.533. The average Bonchev–Trinajstić information content (AvgIpc) is 2.37. The highest BCUT2D eigenvalue weighted by atomic mass is 16.1. The van der Waals surface area contributed by atoms with Crippen LogP contribution in [0.5, 0.6) is 0 Å². The van der Waals surface area contributed by atoms with Crippen molar-refractivity contribution in [3.63, 3.8) is 0 Å². The van der Waals surface area contributed by atoms with Gasteiger partial charge in [0.05, 0.1) is 0 Å². The number of Topliss-reactive ketones (excluding diaryl/α,β-unsaturated/α-hetero) is 1. The lowest BCUT2D eigenvalue weighted by Gasteiger charge is -2.30. The molecule has 2 heteroatoms. The molecule has 17 heavy (non-hydrogen) atoms. The van der Waals surface area contributed by atoms with E-state index in [-0.39, 0.29) is 5.78 Å². The molecule has 1 aliphatic rings. The first-order chi connectivity index (χ1) is 8.25. The number of hydrogen-bond acceptors (Lipinski definition) is 2. The summed E-state index contributed by atoms with van der Waals surface area (Å²) in [5.74, 6) is 1.06. The number of likely N-dealkylation sites (tertiary alicyclic amines) is 1. The second-order valence-electron chi connectivity index (χ2n) is 5.09. The molecule has 0 aliphatic carbocycles. The zero-order valence-corrected chi connectivity index (χ0v) is 10.6. The molecule has 1 fully saturated rings. The predicted molar refractivity (Wildman–Crippen MR) is 70.2 cm³/mol. The van der Waals surface area contributed by atoms with Crippen molar-refractivity contribution < 1.29 is 4.79 Å². The van der Waals surface area contributed by atoms with Gasteiger partial charge >= 0.3 is 0 Å². The van der Waals surface area contributed by atoms with Gasteiger partial charge in [0.2, 0.25) is 0 Å². The van der Waals surface area contributed by atoms with Gasteiger partial charge in [-0.2, -0.15) is 0 Å². The van der Waals surface area contributed by atoms with Crippen LogP contribution in [0, 0.1) is 5.92 Å². The van der Waals surface area contributed by atoms with E-state index >= 15 is 0 Å². The Morgan fingerprint density at radius 3 is 2.82 bits per heavy atom. The maximum atomic E-state index is 11.9. The predicted octanol–water partition coefficient (Wildman–Crippen LogP) is 2.99. The van der Waals surface area contributed by atoms with Gasteiger partial charge in [-0.3, -0.25) is 4.79 Å². The van der Waals surface area contributed by atoms with Gasteiger partial charge in [-0.25, -0.2) is 0 Å². The van der Waals surface area contributed by atoms with E-state index in [1.807, 2.05) is 30.3 Å². The normalized spacial score (nSPS) is 21.4. The molecule has 2 rings (SSSR count). The van der Waals surface area contributed by atoms with Crippen LogP contribution in [0.15, 0.2) is 30.3 Å². The number of rotatable bonds is 4. The molecule has 0 radical (unpaired) electrons. The molecule has 0 N–H and O–H groups in total. The van der Waals surface area contributed by atoms with Crippen molar-refractivity contribution in [2.75, 3.05) is 19.6 Å². The minimum atomic E-state index is 0.267. The van der Waals surface area contributed by atoms with E-state index in [1.165, 1.54) is 12.8 Å². The Kier molecular flexibility index (Phi) is 4.32. The Labute approximate surface area is 104 Å². The first-order valence-electron chi connectivity index (χ1n) is 6.56. The lowest BCUT2D eigenvalue weighted by Crippen LogP contribution is -2.35. The zero-order chi connectivity index (χ0) is 12.1. The topological polar surface area (TPSA) is 20.3 Å².